The number of hydrogen-bond acceptors (Lipinski definition) is 4. The molecule has 0 aliphatic carbocycles. The number of guanidine groups is 1. The van der Waals surface area contributed by atoms with Gasteiger partial charge in [0.2, 0.25) is 5.89 Å². The second kappa shape index (κ2) is 11.4. The maximum absolute atomic E-state index is 5.65. The predicted octanol–water partition coefficient (Wildman–Crippen LogP) is 5.29. The van der Waals surface area contributed by atoms with E-state index in [1.165, 1.54) is 29.7 Å². The molecule has 0 bridgehead atoms. The number of aromatic nitrogens is 1. The Hall–Kier alpha value is -2.55. The molecule has 1 saturated heterocycles. The van der Waals surface area contributed by atoms with Crippen LogP contribution in [0.2, 0.25) is 0 Å². The fourth-order valence-electron chi connectivity index (χ4n) is 3.84. The van der Waals surface area contributed by atoms with Gasteiger partial charge in [-0.3, -0.25) is 4.99 Å². The van der Waals surface area contributed by atoms with Gasteiger partial charge in [0.15, 0.2) is 5.96 Å². The van der Waals surface area contributed by atoms with Crippen LogP contribution < -0.4 is 15.5 Å². The van der Waals surface area contributed by atoms with Crippen LogP contribution in [-0.2, 0) is 6.54 Å². The second-order valence-electron chi connectivity index (χ2n) is 8.09. The Kier molecular flexibility index (Phi) is 8.55. The molecular weight excluding hydrogens is 513 g/mol. The van der Waals surface area contributed by atoms with Crippen LogP contribution in [0.25, 0.3) is 11.5 Å². The minimum atomic E-state index is 0. The Morgan fingerprint density at radius 2 is 1.91 bits per heavy atom. The van der Waals surface area contributed by atoms with Gasteiger partial charge in [-0.2, -0.15) is 0 Å². The summed E-state index contributed by atoms with van der Waals surface area (Å²) in [5.41, 5.74) is 5.58. The molecule has 2 heterocycles. The largest absolute Gasteiger partial charge is 0.444 e. The number of aliphatic imine (C=N–C) groups is 1. The first kappa shape index (κ1) is 24.1. The van der Waals surface area contributed by atoms with Crippen molar-refractivity contribution in [3.63, 3.8) is 0 Å². The van der Waals surface area contributed by atoms with E-state index in [9.17, 15) is 0 Å². The maximum Gasteiger partial charge on any atom is 0.226 e. The zero-order valence-electron chi connectivity index (χ0n) is 19.0. The van der Waals surface area contributed by atoms with Gasteiger partial charge in [-0.1, -0.05) is 29.8 Å². The summed E-state index contributed by atoms with van der Waals surface area (Å²) in [7, 11) is 1.78. The molecule has 0 amide bonds. The first-order valence-electron chi connectivity index (χ1n) is 11.0. The summed E-state index contributed by atoms with van der Waals surface area (Å²) in [6.45, 7) is 7.06. The van der Waals surface area contributed by atoms with Crippen molar-refractivity contribution >= 4 is 35.6 Å². The normalized spacial score (nSPS) is 14.7. The SMILES string of the molecule is CN=C(NCc1coc(-c2ccc(C)cc2)n1)NC(C)c1cccc(N2CCCC2)c1.I. The minimum absolute atomic E-state index is 0. The highest BCUT2D eigenvalue weighted by atomic mass is 127. The van der Waals surface area contributed by atoms with Crippen molar-refractivity contribution in [2.45, 2.75) is 39.3 Å². The number of halogens is 1. The number of rotatable bonds is 6. The maximum atomic E-state index is 5.65. The summed E-state index contributed by atoms with van der Waals surface area (Å²) < 4.78 is 5.65. The number of benzene rings is 2. The minimum Gasteiger partial charge on any atom is -0.444 e. The highest BCUT2D eigenvalue weighted by molar-refractivity contribution is 14.0. The Morgan fingerprint density at radius 3 is 2.62 bits per heavy atom. The number of nitrogens with one attached hydrogen (secondary N) is 2. The number of nitrogens with zero attached hydrogens (tertiary/aromatic N) is 3. The van der Waals surface area contributed by atoms with Crippen LogP contribution in [0.1, 0.15) is 42.6 Å². The van der Waals surface area contributed by atoms with Gasteiger partial charge in [-0.25, -0.2) is 4.98 Å². The Morgan fingerprint density at radius 1 is 1.16 bits per heavy atom. The Labute approximate surface area is 207 Å². The molecule has 1 aliphatic heterocycles. The zero-order valence-corrected chi connectivity index (χ0v) is 21.3. The van der Waals surface area contributed by atoms with Crippen LogP contribution in [0.5, 0.6) is 0 Å². The van der Waals surface area contributed by atoms with Crippen molar-refractivity contribution in [2.75, 3.05) is 25.0 Å². The fraction of sp³-hybridized carbons (Fsp3) is 0.360. The molecule has 3 aromatic rings. The van der Waals surface area contributed by atoms with Crippen molar-refractivity contribution in [1.29, 1.82) is 0 Å². The molecule has 1 atom stereocenters. The van der Waals surface area contributed by atoms with Gasteiger partial charge < -0.3 is 20.0 Å². The van der Waals surface area contributed by atoms with E-state index in [0.717, 1.165) is 30.3 Å². The van der Waals surface area contributed by atoms with E-state index >= 15 is 0 Å². The van der Waals surface area contributed by atoms with Gasteiger partial charge in [0.05, 0.1) is 18.3 Å². The molecule has 0 spiro atoms. The molecule has 1 aromatic heterocycles. The molecule has 32 heavy (non-hydrogen) atoms. The molecule has 7 heteroatoms. The highest BCUT2D eigenvalue weighted by Gasteiger charge is 2.15. The van der Waals surface area contributed by atoms with Crippen molar-refractivity contribution in [3.8, 4) is 11.5 Å². The van der Waals surface area contributed by atoms with Gasteiger partial charge in [-0.05, 0) is 56.5 Å². The van der Waals surface area contributed by atoms with Crippen LogP contribution in [0, 0.1) is 6.92 Å². The van der Waals surface area contributed by atoms with Crippen molar-refractivity contribution in [1.82, 2.24) is 15.6 Å². The lowest BCUT2D eigenvalue weighted by Gasteiger charge is -2.22. The van der Waals surface area contributed by atoms with Crippen LogP contribution in [-0.4, -0.2) is 31.1 Å². The standard InChI is InChI=1S/C25H31N5O.HI/c1-18-9-11-20(12-10-18)24-29-22(17-31-24)16-27-25(26-3)28-19(2)21-7-6-8-23(15-21)30-13-4-5-14-30;/h6-12,15,17,19H,4-5,13-14,16H2,1-3H3,(H2,26,27,28);1H. The molecule has 0 radical (unpaired) electrons. The van der Waals surface area contributed by atoms with Crippen LogP contribution in [0.4, 0.5) is 5.69 Å². The van der Waals surface area contributed by atoms with Crippen molar-refractivity contribution in [3.05, 3.63) is 71.6 Å². The molecule has 2 N–H and O–H groups in total. The lowest BCUT2D eigenvalue weighted by Crippen LogP contribution is -2.38. The molecule has 170 valence electrons. The smallest absolute Gasteiger partial charge is 0.226 e. The van der Waals surface area contributed by atoms with Crippen molar-refractivity contribution < 1.29 is 4.42 Å². The lowest BCUT2D eigenvalue weighted by molar-refractivity contribution is 0.572. The third-order valence-corrected chi connectivity index (χ3v) is 5.71. The van der Waals surface area contributed by atoms with Crippen LogP contribution in [0.15, 0.2) is 64.2 Å². The summed E-state index contributed by atoms with van der Waals surface area (Å²) in [6, 6.07) is 17.1. The summed E-state index contributed by atoms with van der Waals surface area (Å²) in [5.74, 6) is 1.37. The van der Waals surface area contributed by atoms with E-state index in [-0.39, 0.29) is 30.0 Å². The average molecular weight is 545 g/mol. The van der Waals surface area contributed by atoms with E-state index in [2.05, 4.69) is 75.8 Å². The van der Waals surface area contributed by atoms with E-state index in [4.69, 9.17) is 4.42 Å². The van der Waals surface area contributed by atoms with Gasteiger partial charge in [-0.15, -0.1) is 24.0 Å². The van der Waals surface area contributed by atoms with E-state index in [1.54, 1.807) is 13.3 Å². The number of oxazole rings is 1. The number of hydrogen-bond donors (Lipinski definition) is 2. The zero-order chi connectivity index (χ0) is 21.6. The average Bonchev–Trinajstić information content (AvgIpc) is 3.49. The first-order chi connectivity index (χ1) is 15.1. The van der Waals surface area contributed by atoms with Gasteiger partial charge in [0.1, 0.15) is 6.26 Å². The molecule has 2 aromatic carbocycles. The fourth-order valence-corrected chi connectivity index (χ4v) is 3.84. The highest BCUT2D eigenvalue weighted by Crippen LogP contribution is 2.24. The van der Waals surface area contributed by atoms with E-state index in [0.29, 0.717) is 12.4 Å². The molecule has 6 nitrogen and oxygen atoms in total. The van der Waals surface area contributed by atoms with Crippen molar-refractivity contribution in [2.24, 2.45) is 4.99 Å². The Balaban J connectivity index is 0.00000289. The third kappa shape index (κ3) is 6.03. The quantitative estimate of drug-likeness (QED) is 0.250. The van der Waals surface area contributed by atoms with Gasteiger partial charge in [0.25, 0.3) is 0 Å². The molecule has 1 fully saturated rings. The summed E-state index contributed by atoms with van der Waals surface area (Å²) in [5, 5.41) is 6.81. The lowest BCUT2D eigenvalue weighted by atomic mass is 10.1. The molecule has 1 unspecified atom stereocenters. The van der Waals surface area contributed by atoms with Crippen LogP contribution in [0.3, 0.4) is 0 Å². The van der Waals surface area contributed by atoms with E-state index in [1.807, 2.05) is 12.1 Å². The summed E-state index contributed by atoms with van der Waals surface area (Å²) in [4.78, 5) is 11.4. The molecular formula is C25H32IN5O. The summed E-state index contributed by atoms with van der Waals surface area (Å²) >= 11 is 0. The molecule has 0 saturated carbocycles. The molecule has 1 aliphatic rings. The topological polar surface area (TPSA) is 65.7 Å². The summed E-state index contributed by atoms with van der Waals surface area (Å²) in [6.07, 6.45) is 4.25. The predicted molar refractivity (Wildman–Crippen MR) is 142 cm³/mol. The molecule has 4 rings (SSSR count). The second-order valence-corrected chi connectivity index (χ2v) is 8.09. The number of anilines is 1. The third-order valence-electron chi connectivity index (χ3n) is 5.71. The first-order valence-corrected chi connectivity index (χ1v) is 11.0. The van der Waals surface area contributed by atoms with E-state index < -0.39 is 0 Å². The number of aryl methyl sites for hydroxylation is 1. The van der Waals surface area contributed by atoms with Gasteiger partial charge >= 0.3 is 0 Å². The van der Waals surface area contributed by atoms with Crippen LogP contribution >= 0.6 is 24.0 Å². The van der Waals surface area contributed by atoms with Gasteiger partial charge in [0, 0.05) is 31.4 Å². The Bertz CT molecular complexity index is 1020. The monoisotopic (exact) mass is 545 g/mol.